The molecule has 0 aromatic heterocycles. The van der Waals surface area contributed by atoms with Gasteiger partial charge in [0, 0.05) is 10.5 Å². The first-order valence-electron chi connectivity index (χ1n) is 8.53. The molecule has 0 spiro atoms. The molecule has 8 heteroatoms. The minimum atomic E-state index is -1.62. The molecule has 0 heterocycles. The van der Waals surface area contributed by atoms with Crippen molar-refractivity contribution in [2.24, 2.45) is 4.40 Å². The van der Waals surface area contributed by atoms with Crippen LogP contribution in [0, 0.1) is 11.6 Å². The third-order valence-electron chi connectivity index (χ3n) is 3.49. The minimum absolute atomic E-state index is 0.0496. The second kappa shape index (κ2) is 9.54. The number of carbonyl (C=O) groups is 1. The number of benzene rings is 2. The number of hydrogen-bond acceptors (Lipinski definition) is 5. The van der Waals surface area contributed by atoms with E-state index in [0.29, 0.717) is 4.90 Å². The van der Waals surface area contributed by atoms with Gasteiger partial charge in [-0.25, -0.2) is 13.6 Å². The average molecular weight is 426 g/mol. The molecule has 0 amide bonds. The van der Waals surface area contributed by atoms with Crippen LogP contribution >= 0.6 is 11.8 Å². The number of halogens is 2. The van der Waals surface area contributed by atoms with Gasteiger partial charge in [0.1, 0.15) is 27.7 Å². The Kier molecular flexibility index (Phi) is 7.63. The molecule has 2 rings (SSSR count). The first-order chi connectivity index (χ1) is 13.1. The maximum atomic E-state index is 14.5. The SMILES string of the molecule is CCOC(=O)c1ccccc1Sc1c(F)ccc(F)c1/C=N/[S+]([O-])C(C)(C)C. The lowest BCUT2D eigenvalue weighted by molar-refractivity contribution is 0.0522. The van der Waals surface area contributed by atoms with Crippen molar-refractivity contribution in [1.82, 2.24) is 0 Å². The van der Waals surface area contributed by atoms with E-state index in [1.165, 1.54) is 0 Å². The van der Waals surface area contributed by atoms with Crippen LogP contribution in [0.3, 0.4) is 0 Å². The highest BCUT2D eigenvalue weighted by Crippen LogP contribution is 2.35. The van der Waals surface area contributed by atoms with Crippen molar-refractivity contribution in [3.8, 4) is 0 Å². The van der Waals surface area contributed by atoms with Gasteiger partial charge in [-0.05, 0) is 52.0 Å². The smallest absolute Gasteiger partial charge is 0.339 e. The van der Waals surface area contributed by atoms with Crippen LogP contribution in [0.2, 0.25) is 0 Å². The number of esters is 1. The molecule has 1 atom stereocenters. The number of nitrogens with zero attached hydrogens (tertiary/aromatic N) is 1. The number of ether oxygens (including phenoxy) is 1. The molecule has 0 saturated carbocycles. The molecular weight excluding hydrogens is 404 g/mol. The first kappa shape index (κ1) is 22.4. The molecular formula is C20H21F2NO3S2. The Hall–Kier alpha value is -1.90. The van der Waals surface area contributed by atoms with Crippen molar-refractivity contribution in [2.75, 3.05) is 6.61 Å². The number of hydrogen-bond donors (Lipinski definition) is 0. The highest BCUT2D eigenvalue weighted by atomic mass is 32.2. The quantitative estimate of drug-likeness (QED) is 0.364. The van der Waals surface area contributed by atoms with Crippen molar-refractivity contribution < 1.29 is 22.9 Å². The van der Waals surface area contributed by atoms with E-state index < -0.39 is 33.7 Å². The Labute approximate surface area is 170 Å². The molecule has 0 fully saturated rings. The Balaban J connectivity index is 2.47. The van der Waals surface area contributed by atoms with Crippen LogP contribution in [-0.2, 0) is 16.1 Å². The van der Waals surface area contributed by atoms with E-state index in [1.54, 1.807) is 52.0 Å². The van der Waals surface area contributed by atoms with Crippen molar-refractivity contribution >= 4 is 35.3 Å². The van der Waals surface area contributed by atoms with Gasteiger partial charge in [0.2, 0.25) is 0 Å². The number of rotatable bonds is 6. The molecule has 0 bridgehead atoms. The van der Waals surface area contributed by atoms with Crippen LogP contribution in [0.4, 0.5) is 8.78 Å². The maximum Gasteiger partial charge on any atom is 0.339 e. The van der Waals surface area contributed by atoms with Gasteiger partial charge in [0.15, 0.2) is 0 Å². The van der Waals surface area contributed by atoms with Crippen molar-refractivity contribution in [3.63, 3.8) is 0 Å². The van der Waals surface area contributed by atoms with Crippen molar-refractivity contribution in [2.45, 2.75) is 42.2 Å². The van der Waals surface area contributed by atoms with Gasteiger partial charge in [0.05, 0.1) is 23.3 Å². The van der Waals surface area contributed by atoms with Crippen LogP contribution in [0.15, 0.2) is 50.6 Å². The molecule has 0 N–H and O–H groups in total. The van der Waals surface area contributed by atoms with Crippen LogP contribution in [-0.4, -0.2) is 28.1 Å². The Morgan fingerprint density at radius 1 is 1.21 bits per heavy atom. The van der Waals surface area contributed by atoms with Gasteiger partial charge in [0.25, 0.3) is 0 Å². The Bertz CT molecular complexity index is 882. The normalized spacial score (nSPS) is 13.0. The predicted molar refractivity (Wildman–Crippen MR) is 108 cm³/mol. The van der Waals surface area contributed by atoms with E-state index in [2.05, 4.69) is 4.40 Å². The topological polar surface area (TPSA) is 61.7 Å². The van der Waals surface area contributed by atoms with E-state index in [9.17, 15) is 18.1 Å². The van der Waals surface area contributed by atoms with E-state index >= 15 is 0 Å². The zero-order valence-electron chi connectivity index (χ0n) is 16.0. The largest absolute Gasteiger partial charge is 0.591 e. The molecule has 28 heavy (non-hydrogen) atoms. The molecule has 1 unspecified atom stereocenters. The summed E-state index contributed by atoms with van der Waals surface area (Å²) >= 11 is -0.736. The average Bonchev–Trinajstić information content (AvgIpc) is 2.63. The summed E-state index contributed by atoms with van der Waals surface area (Å²) in [6.07, 6.45) is 1.08. The van der Waals surface area contributed by atoms with Crippen LogP contribution in [0.1, 0.15) is 43.6 Å². The third kappa shape index (κ3) is 5.56. The molecule has 2 aromatic carbocycles. The second-order valence-corrected chi connectivity index (χ2v) is 9.67. The fourth-order valence-electron chi connectivity index (χ4n) is 2.07. The van der Waals surface area contributed by atoms with Gasteiger partial charge in [-0.1, -0.05) is 28.3 Å². The van der Waals surface area contributed by atoms with E-state index in [-0.39, 0.29) is 22.6 Å². The van der Waals surface area contributed by atoms with E-state index in [0.717, 1.165) is 30.1 Å². The summed E-state index contributed by atoms with van der Waals surface area (Å²) in [6.45, 7) is 7.07. The monoisotopic (exact) mass is 425 g/mol. The lowest BCUT2D eigenvalue weighted by atomic mass is 10.2. The molecule has 0 saturated heterocycles. The summed E-state index contributed by atoms with van der Waals surface area (Å²) in [5.74, 6) is -1.92. The summed E-state index contributed by atoms with van der Waals surface area (Å²) in [4.78, 5) is 12.5. The molecule has 0 aliphatic carbocycles. The molecule has 0 aliphatic heterocycles. The third-order valence-corrected chi connectivity index (χ3v) is 6.03. The van der Waals surface area contributed by atoms with Gasteiger partial charge in [-0.3, -0.25) is 0 Å². The summed E-state index contributed by atoms with van der Waals surface area (Å²) < 4.78 is 49.3. The molecule has 0 radical (unpaired) electrons. The maximum absolute atomic E-state index is 14.5. The molecule has 0 aliphatic rings. The van der Waals surface area contributed by atoms with Crippen molar-refractivity contribution in [3.05, 3.63) is 59.2 Å². The standard InChI is InChI=1S/C20H21F2NO3S2/c1-5-26-19(24)13-8-6-7-9-17(13)27-18-14(15(21)10-11-16(18)22)12-23-28(25)20(2,3)4/h6-12H,5H2,1-4H3/b23-12+. The summed E-state index contributed by atoms with van der Waals surface area (Å²) in [6, 6.07) is 8.51. The molecule has 2 aromatic rings. The van der Waals surface area contributed by atoms with E-state index in [4.69, 9.17) is 4.74 Å². The summed E-state index contributed by atoms with van der Waals surface area (Å²) in [7, 11) is 0. The van der Waals surface area contributed by atoms with Crippen LogP contribution < -0.4 is 0 Å². The van der Waals surface area contributed by atoms with Crippen molar-refractivity contribution in [1.29, 1.82) is 0 Å². The Morgan fingerprint density at radius 3 is 2.50 bits per heavy atom. The van der Waals surface area contributed by atoms with Gasteiger partial charge in [-0.2, -0.15) is 0 Å². The highest BCUT2D eigenvalue weighted by Gasteiger charge is 2.26. The summed E-state index contributed by atoms with van der Waals surface area (Å²) in [5, 5.41) is 0. The lowest BCUT2D eigenvalue weighted by Gasteiger charge is -2.18. The zero-order chi connectivity index (χ0) is 20.9. The van der Waals surface area contributed by atoms with Gasteiger partial charge >= 0.3 is 5.97 Å². The first-order valence-corrected chi connectivity index (χ1v) is 10.5. The summed E-state index contributed by atoms with van der Waals surface area (Å²) in [5.41, 5.74) is 0.125. The van der Waals surface area contributed by atoms with Crippen LogP contribution in [0.25, 0.3) is 0 Å². The van der Waals surface area contributed by atoms with Gasteiger partial charge < -0.3 is 9.29 Å². The fourth-order valence-corrected chi connectivity index (χ4v) is 3.65. The molecule has 150 valence electrons. The lowest BCUT2D eigenvalue weighted by Crippen LogP contribution is -2.25. The second-order valence-electron chi connectivity index (χ2n) is 6.69. The number of carbonyl (C=O) groups excluding carboxylic acids is 1. The minimum Gasteiger partial charge on any atom is -0.591 e. The molecule has 4 nitrogen and oxygen atoms in total. The predicted octanol–water partition coefficient (Wildman–Crippen LogP) is 5.17. The highest BCUT2D eigenvalue weighted by molar-refractivity contribution is 7.99. The van der Waals surface area contributed by atoms with E-state index in [1.807, 2.05) is 0 Å². The van der Waals surface area contributed by atoms with Crippen LogP contribution in [0.5, 0.6) is 0 Å². The zero-order valence-corrected chi connectivity index (χ0v) is 17.6. The van der Waals surface area contributed by atoms with Gasteiger partial charge in [-0.15, -0.1) is 0 Å². The fraction of sp³-hybridized carbons (Fsp3) is 0.300. The Morgan fingerprint density at radius 2 is 1.86 bits per heavy atom.